The van der Waals surface area contributed by atoms with Crippen molar-refractivity contribution >= 4 is 11.9 Å². The lowest BCUT2D eigenvalue weighted by Crippen LogP contribution is -2.26. The summed E-state index contributed by atoms with van der Waals surface area (Å²) in [6, 6.07) is 0. The summed E-state index contributed by atoms with van der Waals surface area (Å²) in [6.45, 7) is 6.86. The molecule has 76 valence electrons. The minimum Gasteiger partial charge on any atom is -0.463 e. The Morgan fingerprint density at radius 3 is 2.08 bits per heavy atom. The van der Waals surface area contributed by atoms with Crippen molar-refractivity contribution in [2.75, 3.05) is 13.2 Å². The van der Waals surface area contributed by atoms with Crippen LogP contribution in [0.3, 0.4) is 0 Å². The minimum absolute atomic E-state index is 0.298. The first-order chi connectivity index (χ1) is 5.88. The fourth-order valence-electron chi connectivity index (χ4n) is 0.544. The molecule has 0 radical (unpaired) electrons. The fourth-order valence-corrected chi connectivity index (χ4v) is 0.544. The summed E-state index contributed by atoms with van der Waals surface area (Å²) in [7, 11) is 0. The van der Waals surface area contributed by atoms with Gasteiger partial charge in [-0.05, 0) is 27.7 Å². The molecule has 0 heterocycles. The van der Waals surface area contributed by atoms with E-state index in [4.69, 9.17) is 4.74 Å². The van der Waals surface area contributed by atoms with Gasteiger partial charge < -0.3 is 9.47 Å². The zero-order valence-corrected chi connectivity index (χ0v) is 8.55. The number of carbonyl (C=O) groups excluding carboxylic acids is 2. The molecule has 0 spiro atoms. The predicted octanol–water partition coefficient (Wildman–Crippen LogP) is 1.14. The third kappa shape index (κ3) is 5.22. The van der Waals surface area contributed by atoms with E-state index in [-0.39, 0.29) is 6.61 Å². The van der Waals surface area contributed by atoms with E-state index in [0.29, 0.717) is 6.61 Å². The van der Waals surface area contributed by atoms with E-state index >= 15 is 0 Å². The Balaban J connectivity index is 3.77. The molecule has 0 bridgehead atoms. The van der Waals surface area contributed by atoms with Crippen LogP contribution in [0, 0.1) is 5.41 Å². The van der Waals surface area contributed by atoms with E-state index in [0.717, 1.165) is 0 Å². The Bertz CT molecular complexity index is 190. The molecule has 0 aromatic rings. The highest BCUT2D eigenvalue weighted by Gasteiger charge is 2.23. The number of hydrogen-bond acceptors (Lipinski definition) is 4. The Hall–Kier alpha value is -1.06. The number of esters is 2. The van der Waals surface area contributed by atoms with Crippen LogP contribution in [-0.4, -0.2) is 25.2 Å². The summed E-state index contributed by atoms with van der Waals surface area (Å²) in [6.07, 6.45) is 0. The Morgan fingerprint density at radius 1 is 1.15 bits per heavy atom. The molecule has 0 rings (SSSR count). The maximum Gasteiger partial charge on any atom is 0.344 e. The molecule has 0 aromatic carbocycles. The van der Waals surface area contributed by atoms with Gasteiger partial charge in [-0.2, -0.15) is 0 Å². The highest BCUT2D eigenvalue weighted by Crippen LogP contribution is 2.14. The van der Waals surface area contributed by atoms with Gasteiger partial charge in [0.05, 0.1) is 12.0 Å². The second kappa shape index (κ2) is 4.84. The molecule has 0 aliphatic rings. The Morgan fingerprint density at radius 2 is 1.69 bits per heavy atom. The van der Waals surface area contributed by atoms with Crippen molar-refractivity contribution in [2.45, 2.75) is 27.7 Å². The van der Waals surface area contributed by atoms with Crippen LogP contribution in [0.15, 0.2) is 0 Å². The highest BCUT2D eigenvalue weighted by molar-refractivity contribution is 5.79. The van der Waals surface area contributed by atoms with Crippen LogP contribution < -0.4 is 0 Å². The van der Waals surface area contributed by atoms with Gasteiger partial charge in [0.1, 0.15) is 0 Å². The van der Waals surface area contributed by atoms with Crippen molar-refractivity contribution in [3.8, 4) is 0 Å². The van der Waals surface area contributed by atoms with Crippen LogP contribution in [0.5, 0.6) is 0 Å². The van der Waals surface area contributed by atoms with Gasteiger partial charge in [-0.3, -0.25) is 4.79 Å². The Kier molecular flexibility index (Phi) is 4.45. The van der Waals surface area contributed by atoms with Gasteiger partial charge in [-0.1, -0.05) is 0 Å². The van der Waals surface area contributed by atoms with E-state index in [1.807, 2.05) is 0 Å². The molecular weight excluding hydrogens is 172 g/mol. The van der Waals surface area contributed by atoms with E-state index < -0.39 is 17.4 Å². The average Bonchev–Trinajstić information content (AvgIpc) is 1.99. The minimum atomic E-state index is -0.577. The van der Waals surface area contributed by atoms with Crippen molar-refractivity contribution in [2.24, 2.45) is 5.41 Å². The number of rotatable bonds is 3. The van der Waals surface area contributed by atoms with Gasteiger partial charge in [0.15, 0.2) is 6.61 Å². The van der Waals surface area contributed by atoms with E-state index in [1.54, 1.807) is 27.7 Å². The lowest BCUT2D eigenvalue weighted by molar-refractivity contribution is -0.163. The zero-order valence-electron chi connectivity index (χ0n) is 8.55. The van der Waals surface area contributed by atoms with Gasteiger partial charge in [0, 0.05) is 0 Å². The fraction of sp³-hybridized carbons (Fsp3) is 0.778. The first-order valence-electron chi connectivity index (χ1n) is 4.20. The molecule has 4 heteroatoms. The molecule has 0 N–H and O–H groups in total. The van der Waals surface area contributed by atoms with Crippen LogP contribution in [0.2, 0.25) is 0 Å². The number of ether oxygens (including phenoxy) is 2. The third-order valence-electron chi connectivity index (χ3n) is 1.24. The second-order valence-electron chi connectivity index (χ2n) is 3.63. The van der Waals surface area contributed by atoms with Gasteiger partial charge >= 0.3 is 11.9 Å². The smallest absolute Gasteiger partial charge is 0.344 e. The van der Waals surface area contributed by atoms with Crippen molar-refractivity contribution in [3.63, 3.8) is 0 Å². The largest absolute Gasteiger partial charge is 0.463 e. The lowest BCUT2D eigenvalue weighted by Gasteiger charge is -2.15. The summed E-state index contributed by atoms with van der Waals surface area (Å²) in [4.78, 5) is 21.9. The first-order valence-corrected chi connectivity index (χ1v) is 4.20. The maximum atomic E-state index is 11.1. The van der Waals surface area contributed by atoms with E-state index in [1.165, 1.54) is 0 Å². The van der Waals surface area contributed by atoms with Crippen LogP contribution in [0.25, 0.3) is 0 Å². The van der Waals surface area contributed by atoms with Gasteiger partial charge in [-0.15, -0.1) is 0 Å². The molecule has 0 saturated heterocycles. The summed E-state index contributed by atoms with van der Waals surface area (Å²) in [5.74, 6) is -0.916. The van der Waals surface area contributed by atoms with Crippen molar-refractivity contribution < 1.29 is 19.1 Å². The lowest BCUT2D eigenvalue weighted by atomic mass is 9.97. The SMILES string of the molecule is CCOC(=O)COC(=O)C(C)(C)C. The van der Waals surface area contributed by atoms with Crippen LogP contribution >= 0.6 is 0 Å². The molecule has 4 nitrogen and oxygen atoms in total. The van der Waals surface area contributed by atoms with Gasteiger partial charge in [0.2, 0.25) is 0 Å². The molecule has 0 aliphatic heterocycles. The second-order valence-corrected chi connectivity index (χ2v) is 3.63. The first kappa shape index (κ1) is 11.9. The van der Waals surface area contributed by atoms with E-state index in [2.05, 4.69) is 4.74 Å². The predicted molar refractivity (Wildman–Crippen MR) is 47.0 cm³/mol. The molecule has 0 aliphatic carbocycles. The topological polar surface area (TPSA) is 52.6 Å². The molecule has 13 heavy (non-hydrogen) atoms. The zero-order chi connectivity index (χ0) is 10.5. The van der Waals surface area contributed by atoms with Crippen LogP contribution in [0.1, 0.15) is 27.7 Å². The molecule has 0 saturated carbocycles. The van der Waals surface area contributed by atoms with Crippen LogP contribution in [-0.2, 0) is 19.1 Å². The van der Waals surface area contributed by atoms with Crippen molar-refractivity contribution in [3.05, 3.63) is 0 Å². The quantitative estimate of drug-likeness (QED) is 0.623. The van der Waals surface area contributed by atoms with E-state index in [9.17, 15) is 9.59 Å². The summed E-state index contributed by atoms with van der Waals surface area (Å²) < 4.78 is 9.30. The van der Waals surface area contributed by atoms with Gasteiger partial charge in [-0.25, -0.2) is 4.79 Å². The standard InChI is InChI=1S/C9H16O4/c1-5-12-7(10)6-13-8(11)9(2,3)4/h5-6H2,1-4H3. The molecular formula is C9H16O4. The number of hydrogen-bond donors (Lipinski definition) is 0. The van der Waals surface area contributed by atoms with Gasteiger partial charge in [0.25, 0.3) is 0 Å². The molecule has 0 amide bonds. The monoisotopic (exact) mass is 188 g/mol. The van der Waals surface area contributed by atoms with Crippen LogP contribution in [0.4, 0.5) is 0 Å². The number of carbonyl (C=O) groups is 2. The highest BCUT2D eigenvalue weighted by atomic mass is 16.6. The van der Waals surface area contributed by atoms with Crippen molar-refractivity contribution in [1.82, 2.24) is 0 Å². The molecule has 0 aromatic heterocycles. The normalized spacial score (nSPS) is 10.8. The average molecular weight is 188 g/mol. The summed E-state index contributed by atoms with van der Waals surface area (Å²) in [5.41, 5.74) is -0.577. The molecule has 0 unspecified atom stereocenters. The summed E-state index contributed by atoms with van der Waals surface area (Å²) in [5, 5.41) is 0. The Labute approximate surface area is 78.2 Å². The molecule has 0 fully saturated rings. The maximum absolute atomic E-state index is 11.1. The molecule has 0 atom stereocenters. The third-order valence-corrected chi connectivity index (χ3v) is 1.24. The summed E-state index contributed by atoms with van der Waals surface area (Å²) >= 11 is 0. The van der Waals surface area contributed by atoms with Crippen molar-refractivity contribution in [1.29, 1.82) is 0 Å².